The molecular weight excluding hydrogens is 1280 g/mol. The van der Waals surface area contributed by atoms with Gasteiger partial charge in [0.1, 0.15) is 24.4 Å². The monoisotopic (exact) mass is 1380 g/mol. The average molecular weight is 1380 g/mol. The van der Waals surface area contributed by atoms with Crippen LogP contribution in [0, 0.1) is 11.8 Å². The maximum absolute atomic E-state index is 14.9. The Hall–Kier alpha value is -7.00. The van der Waals surface area contributed by atoms with Gasteiger partial charge in [0, 0.05) is 43.1 Å². The molecular formula is C72H106N6O17Si2. The molecule has 0 aliphatic carbocycles. The highest BCUT2D eigenvalue weighted by Gasteiger charge is 2.53. The largest absolute Gasteiger partial charge is 0.493 e. The zero-order chi connectivity index (χ0) is 71.6. The lowest BCUT2D eigenvalue weighted by Crippen LogP contribution is -2.58. The first-order valence-electron chi connectivity index (χ1n) is 33.4. The molecule has 4 atom stereocenters. The van der Waals surface area contributed by atoms with E-state index in [1.807, 2.05) is 44.4 Å². The SMILES string of the molecule is COc1cc2c(cc1OCc1cc(C#CCNC(=O)CCOCCOCCOCCOCCN)cc(COc3cc4c(cc3OC)C(=O)N3C=C(C)C[C@H]3C(O[Si](C)(C)C(C)(C)C)N4C(=O)OC(C)(C)C)c1)N(C(=O)OC(C)(C)C)C(O[Si](C)(C)C(C)(C)C)[C@@H]1CC(C)=CN1C2=O. The highest BCUT2D eigenvalue weighted by Crippen LogP contribution is 2.49. The number of hydrogen-bond donors (Lipinski definition) is 2. The molecule has 4 heterocycles. The molecule has 0 fully saturated rings. The zero-order valence-corrected chi connectivity index (χ0v) is 62.9. The van der Waals surface area contributed by atoms with Crippen LogP contribution < -0.4 is 39.8 Å². The first-order chi connectivity index (χ1) is 45.4. The molecule has 97 heavy (non-hydrogen) atoms. The maximum atomic E-state index is 14.9. The summed E-state index contributed by atoms with van der Waals surface area (Å²) in [5, 5.41) is 2.30. The van der Waals surface area contributed by atoms with Gasteiger partial charge in [0.05, 0.1) is 108 Å². The number of nitrogens with two attached hydrogens (primary N) is 1. The highest BCUT2D eigenvalue weighted by atomic mass is 28.4. The third-order valence-electron chi connectivity index (χ3n) is 17.6. The van der Waals surface area contributed by atoms with Crippen molar-refractivity contribution < 1.29 is 80.2 Å². The number of amides is 5. The molecule has 7 rings (SSSR count). The number of nitrogens with zero attached hydrogens (tertiary/aromatic N) is 4. The fraction of sp³-hybridized carbons (Fsp3) is 0.597. The van der Waals surface area contributed by atoms with Crippen molar-refractivity contribution in [3.63, 3.8) is 0 Å². The van der Waals surface area contributed by atoms with Gasteiger partial charge in [0.2, 0.25) is 5.91 Å². The van der Waals surface area contributed by atoms with Gasteiger partial charge >= 0.3 is 12.2 Å². The van der Waals surface area contributed by atoms with Crippen LogP contribution in [0.5, 0.6) is 23.0 Å². The fourth-order valence-corrected chi connectivity index (χ4v) is 13.2. The van der Waals surface area contributed by atoms with Crippen molar-refractivity contribution >= 4 is 57.9 Å². The van der Waals surface area contributed by atoms with Crippen molar-refractivity contribution in [3.8, 4) is 34.8 Å². The van der Waals surface area contributed by atoms with Crippen LogP contribution in [-0.2, 0) is 55.3 Å². The van der Waals surface area contributed by atoms with Gasteiger partial charge in [-0.15, -0.1) is 0 Å². The maximum Gasteiger partial charge on any atom is 0.417 e. The van der Waals surface area contributed by atoms with E-state index < -0.39 is 64.6 Å². The summed E-state index contributed by atoms with van der Waals surface area (Å²) in [5.41, 5.74) is 8.10. The van der Waals surface area contributed by atoms with Crippen LogP contribution in [0.2, 0.25) is 36.3 Å². The number of methoxy groups -OCH3 is 2. The molecule has 25 heteroatoms. The average Bonchev–Trinajstić information content (AvgIpc) is 1.26. The smallest absolute Gasteiger partial charge is 0.417 e. The van der Waals surface area contributed by atoms with E-state index in [1.54, 1.807) is 75.6 Å². The van der Waals surface area contributed by atoms with Crippen molar-refractivity contribution in [1.82, 2.24) is 15.1 Å². The normalized spacial score (nSPS) is 18.2. The molecule has 5 amide bonds. The van der Waals surface area contributed by atoms with Gasteiger partial charge in [0.15, 0.2) is 52.1 Å². The Morgan fingerprint density at radius 2 is 0.948 bits per heavy atom. The van der Waals surface area contributed by atoms with Crippen molar-refractivity contribution in [3.05, 3.63) is 93.8 Å². The Labute approximate surface area is 576 Å². The van der Waals surface area contributed by atoms with E-state index in [-0.39, 0.29) is 106 Å². The van der Waals surface area contributed by atoms with Crippen LogP contribution in [0.3, 0.4) is 0 Å². The molecule has 3 N–H and O–H groups in total. The summed E-state index contributed by atoms with van der Waals surface area (Å²) < 4.78 is 74.2. The number of fused-ring (bicyclic) bond motifs is 4. The summed E-state index contributed by atoms with van der Waals surface area (Å²) >= 11 is 0. The summed E-state index contributed by atoms with van der Waals surface area (Å²) in [6.45, 7) is 39.2. The van der Waals surface area contributed by atoms with Gasteiger partial charge in [-0.2, -0.15) is 0 Å². The topological polar surface area (TPSA) is 247 Å². The molecule has 0 aromatic heterocycles. The van der Waals surface area contributed by atoms with Crippen molar-refractivity contribution in [1.29, 1.82) is 0 Å². The van der Waals surface area contributed by atoms with Crippen LogP contribution in [0.15, 0.2) is 66.0 Å². The first kappa shape index (κ1) is 77.4. The standard InChI is InChI=1S/C72H106N6O17Si2/c1-47-34-56-65(94-96(17,18)71(9,10)11)77(67(82)92-69(3,4)5)54-41-60(58(84-15)39-52(54)63(80)75(56)43-47)90-45-50-36-49(22-21-25-74-62(79)23-26-86-28-30-88-32-33-89-31-29-87-27-24-73)37-51(38-50)46-91-61-42-55-53(40-59(61)85-16)64(81)76-44-48(2)35-57(76)66(95-97(19,20)72(12,13)14)78(55)68(83)93-70(6,7)8/h36-44,56-57,65-66H,23-35,45-46,73H2,1-20H3,(H,74,79)/t56-,57-,65?,66?/m0/s1. The van der Waals surface area contributed by atoms with Crippen molar-refractivity contribution in [2.45, 2.75) is 201 Å². The molecule has 23 nitrogen and oxygen atoms in total. The third kappa shape index (κ3) is 20.1. The predicted octanol–water partition coefficient (Wildman–Crippen LogP) is 12.2. The van der Waals surface area contributed by atoms with Gasteiger partial charge in [-0.25, -0.2) is 19.4 Å². The molecule has 4 aliphatic rings. The zero-order valence-electron chi connectivity index (χ0n) is 60.9. The Morgan fingerprint density at radius 3 is 1.32 bits per heavy atom. The number of benzene rings is 3. The Morgan fingerprint density at radius 1 is 0.557 bits per heavy atom. The van der Waals surface area contributed by atoms with E-state index in [0.29, 0.717) is 82.3 Å². The van der Waals surface area contributed by atoms with Crippen LogP contribution in [0.1, 0.15) is 154 Å². The van der Waals surface area contributed by atoms with Crippen LogP contribution in [-0.4, -0.2) is 172 Å². The molecule has 0 saturated carbocycles. The van der Waals surface area contributed by atoms with E-state index in [1.165, 1.54) is 24.0 Å². The Kier molecular flexibility index (Phi) is 25.8. The van der Waals surface area contributed by atoms with Crippen molar-refractivity contribution in [2.75, 3.05) is 90.0 Å². The first-order valence-corrected chi connectivity index (χ1v) is 39.2. The summed E-state index contributed by atoms with van der Waals surface area (Å²) in [4.78, 5) is 78.9. The minimum atomic E-state index is -2.68. The number of hydrogen-bond acceptors (Lipinski definition) is 18. The van der Waals surface area contributed by atoms with Crippen molar-refractivity contribution in [2.24, 2.45) is 5.73 Å². The molecule has 0 saturated heterocycles. The number of carbonyl (C=O) groups excluding carboxylic acids is 5. The Bertz CT molecular complexity index is 3260. The molecule has 0 spiro atoms. The van der Waals surface area contributed by atoms with Crippen LogP contribution in [0.4, 0.5) is 21.0 Å². The van der Waals surface area contributed by atoms with E-state index >= 15 is 0 Å². The summed E-state index contributed by atoms with van der Waals surface area (Å²) in [6, 6.07) is 10.8. The number of ether oxygens (including phenoxy) is 10. The number of carbonyl (C=O) groups is 5. The summed E-state index contributed by atoms with van der Waals surface area (Å²) in [7, 11) is -2.40. The molecule has 534 valence electrons. The molecule has 0 bridgehead atoms. The van der Waals surface area contributed by atoms with Crippen LogP contribution >= 0.6 is 0 Å². The van der Waals surface area contributed by atoms with Gasteiger partial charge in [-0.3, -0.25) is 14.4 Å². The van der Waals surface area contributed by atoms with E-state index in [2.05, 4.69) is 84.9 Å². The molecule has 4 aliphatic heterocycles. The second kappa shape index (κ2) is 32.3. The Balaban J connectivity index is 1.23. The molecule has 0 radical (unpaired) electrons. The van der Waals surface area contributed by atoms with E-state index in [0.717, 1.165) is 11.1 Å². The summed E-state index contributed by atoms with van der Waals surface area (Å²) in [6.07, 6.45) is 1.36. The third-order valence-corrected chi connectivity index (χ3v) is 26.5. The molecule has 3 aromatic rings. The molecule has 2 unspecified atom stereocenters. The van der Waals surface area contributed by atoms with Crippen LogP contribution in [0.25, 0.3) is 0 Å². The second-order valence-electron chi connectivity index (χ2n) is 29.9. The second-order valence-corrected chi connectivity index (χ2v) is 39.4. The number of nitrogens with one attached hydrogen (secondary N) is 1. The van der Waals surface area contributed by atoms with E-state index in [4.69, 9.17) is 62.0 Å². The van der Waals surface area contributed by atoms with Gasteiger partial charge < -0.3 is 77.1 Å². The lowest BCUT2D eigenvalue weighted by molar-refractivity contribution is -0.122. The lowest BCUT2D eigenvalue weighted by atomic mass is 10.1. The lowest BCUT2D eigenvalue weighted by Gasteiger charge is -2.44. The van der Waals surface area contributed by atoms with Gasteiger partial charge in [0.25, 0.3) is 11.8 Å². The minimum absolute atomic E-state index is 0.0196. The molecule has 3 aromatic carbocycles. The van der Waals surface area contributed by atoms with Gasteiger partial charge in [-0.05, 0) is 146 Å². The highest BCUT2D eigenvalue weighted by molar-refractivity contribution is 6.74. The number of rotatable bonds is 27. The quantitative estimate of drug-likeness (QED) is 0.0409. The minimum Gasteiger partial charge on any atom is -0.493 e. The summed E-state index contributed by atoms with van der Waals surface area (Å²) in [5.74, 6) is 6.21. The predicted molar refractivity (Wildman–Crippen MR) is 376 cm³/mol. The fourth-order valence-electron chi connectivity index (χ4n) is 10.8. The van der Waals surface area contributed by atoms with E-state index in [9.17, 15) is 24.0 Å². The number of anilines is 2. The van der Waals surface area contributed by atoms with Gasteiger partial charge in [-0.1, -0.05) is 64.5 Å².